The molecule has 0 heterocycles. The lowest BCUT2D eigenvalue weighted by Gasteiger charge is -2.51. The summed E-state index contributed by atoms with van der Waals surface area (Å²) in [6, 6.07) is 8.99. The molecule has 15 heavy (non-hydrogen) atoms. The Hall–Kier alpha value is -1.30. The van der Waals surface area contributed by atoms with Crippen LogP contribution in [0.25, 0.3) is 0 Å². The highest BCUT2D eigenvalue weighted by atomic mass is 14.5. The molecule has 0 radical (unpaired) electrons. The Labute approximate surface area is 90.3 Å². The average Bonchev–Trinajstić information content (AvgIpc) is 2.27. The summed E-state index contributed by atoms with van der Waals surface area (Å²) in [5, 5.41) is 0. The molecule has 0 saturated heterocycles. The predicted octanol–water partition coefficient (Wildman–Crippen LogP) is 3.63. The highest BCUT2D eigenvalue weighted by molar-refractivity contribution is 5.51. The van der Waals surface area contributed by atoms with Crippen LogP contribution in [0.3, 0.4) is 0 Å². The number of allylic oxidation sites excluding steroid dienone is 4. The number of benzene rings is 1. The Morgan fingerprint density at radius 1 is 0.933 bits per heavy atom. The third-order valence-corrected chi connectivity index (χ3v) is 4.44. The normalized spacial score (nSPS) is 39.1. The van der Waals surface area contributed by atoms with Crippen LogP contribution < -0.4 is 0 Å². The van der Waals surface area contributed by atoms with Crippen LogP contribution in [0.4, 0.5) is 0 Å². The van der Waals surface area contributed by atoms with E-state index in [0.29, 0.717) is 11.8 Å². The number of hydrogen-bond donors (Lipinski definition) is 0. The molecule has 0 heteroatoms. The molecule has 0 aromatic heterocycles. The van der Waals surface area contributed by atoms with Gasteiger partial charge in [0.25, 0.3) is 0 Å². The van der Waals surface area contributed by atoms with Crippen LogP contribution in [0.2, 0.25) is 0 Å². The Morgan fingerprint density at radius 2 is 1.60 bits per heavy atom. The molecule has 4 aliphatic carbocycles. The first-order valence-corrected chi connectivity index (χ1v) is 5.82. The maximum Gasteiger partial charge on any atom is 0.00925 e. The van der Waals surface area contributed by atoms with Gasteiger partial charge in [0.1, 0.15) is 0 Å². The van der Waals surface area contributed by atoms with E-state index in [0.717, 1.165) is 11.8 Å². The van der Waals surface area contributed by atoms with E-state index < -0.39 is 0 Å². The Balaban J connectivity index is 1.96. The quantitative estimate of drug-likeness (QED) is 0.553. The molecule has 4 aliphatic rings. The van der Waals surface area contributed by atoms with Crippen molar-refractivity contribution in [2.45, 2.75) is 18.8 Å². The van der Waals surface area contributed by atoms with Crippen LogP contribution >= 0.6 is 0 Å². The second-order valence-corrected chi connectivity index (χ2v) is 5.08. The largest absolute Gasteiger partial charge is 0.0806 e. The van der Waals surface area contributed by atoms with E-state index in [1.165, 1.54) is 0 Å². The highest BCUT2D eigenvalue weighted by Gasteiger charge is 2.47. The maximum absolute atomic E-state index is 2.47. The molecule has 0 aliphatic heterocycles. The van der Waals surface area contributed by atoms with Gasteiger partial charge < -0.3 is 0 Å². The van der Waals surface area contributed by atoms with Gasteiger partial charge in [-0.1, -0.05) is 48.1 Å². The zero-order valence-electron chi connectivity index (χ0n) is 8.85. The minimum atomic E-state index is 0.667. The molecular weight excluding hydrogens is 180 g/mol. The fraction of sp³-hybridized carbons (Fsp3) is 0.333. The first kappa shape index (κ1) is 7.92. The Kier molecular flexibility index (Phi) is 1.29. The average molecular weight is 194 g/mol. The molecule has 4 unspecified atom stereocenters. The molecule has 1 aromatic carbocycles. The van der Waals surface area contributed by atoms with Gasteiger partial charge >= 0.3 is 0 Å². The van der Waals surface area contributed by atoms with E-state index in [4.69, 9.17) is 0 Å². The second kappa shape index (κ2) is 2.44. The minimum absolute atomic E-state index is 0.667. The fourth-order valence-corrected chi connectivity index (χ4v) is 3.77. The summed E-state index contributed by atoms with van der Waals surface area (Å²) in [4.78, 5) is 0. The van der Waals surface area contributed by atoms with Crippen LogP contribution in [0, 0.1) is 11.8 Å². The van der Waals surface area contributed by atoms with E-state index in [9.17, 15) is 0 Å². The van der Waals surface area contributed by atoms with Crippen molar-refractivity contribution in [2.75, 3.05) is 0 Å². The molecule has 0 nitrogen and oxygen atoms in total. The Bertz CT molecular complexity index is 493. The summed E-state index contributed by atoms with van der Waals surface area (Å²) < 4.78 is 0. The fourth-order valence-electron chi connectivity index (χ4n) is 3.77. The molecular formula is C15H14. The van der Waals surface area contributed by atoms with Gasteiger partial charge in [-0.05, 0) is 29.9 Å². The summed E-state index contributed by atoms with van der Waals surface area (Å²) >= 11 is 0. The zero-order chi connectivity index (χ0) is 9.99. The molecule has 0 fully saturated rings. The van der Waals surface area contributed by atoms with Crippen molar-refractivity contribution < 1.29 is 0 Å². The Morgan fingerprint density at radius 3 is 2.33 bits per heavy atom. The summed E-state index contributed by atoms with van der Waals surface area (Å²) in [6.07, 6.45) is 7.34. The SMILES string of the molecule is CC1=CC2C3C=CC(c4ccccc43)C12. The third kappa shape index (κ3) is 0.797. The number of rotatable bonds is 0. The topological polar surface area (TPSA) is 0 Å². The monoisotopic (exact) mass is 194 g/mol. The highest BCUT2D eigenvalue weighted by Crippen LogP contribution is 2.59. The van der Waals surface area contributed by atoms with E-state index in [1.807, 2.05) is 0 Å². The second-order valence-electron chi connectivity index (χ2n) is 5.08. The molecule has 5 rings (SSSR count). The van der Waals surface area contributed by atoms with Crippen LogP contribution in [-0.4, -0.2) is 0 Å². The van der Waals surface area contributed by atoms with Crippen molar-refractivity contribution in [3.63, 3.8) is 0 Å². The summed E-state index contributed by atoms with van der Waals surface area (Å²) in [5.74, 6) is 2.95. The van der Waals surface area contributed by atoms with Gasteiger partial charge in [0.15, 0.2) is 0 Å². The standard InChI is InChI=1S/C15H14/c1-9-8-14-12-6-7-13(15(9)14)11-5-3-2-4-10(11)12/h2-8,12-15H,1H3. The summed E-state index contributed by atoms with van der Waals surface area (Å²) in [7, 11) is 0. The van der Waals surface area contributed by atoms with E-state index in [1.54, 1.807) is 16.7 Å². The summed E-state index contributed by atoms with van der Waals surface area (Å²) in [5.41, 5.74) is 4.77. The lowest BCUT2D eigenvalue weighted by Crippen LogP contribution is -2.40. The molecule has 74 valence electrons. The van der Waals surface area contributed by atoms with Gasteiger partial charge in [0.2, 0.25) is 0 Å². The lowest BCUT2D eigenvalue weighted by atomic mass is 9.53. The van der Waals surface area contributed by atoms with Gasteiger partial charge in [0.05, 0.1) is 0 Å². The van der Waals surface area contributed by atoms with Crippen LogP contribution in [0.5, 0.6) is 0 Å². The van der Waals surface area contributed by atoms with Gasteiger partial charge in [-0.15, -0.1) is 0 Å². The predicted molar refractivity (Wildman–Crippen MR) is 61.8 cm³/mol. The first-order chi connectivity index (χ1) is 7.36. The van der Waals surface area contributed by atoms with Crippen molar-refractivity contribution >= 4 is 0 Å². The van der Waals surface area contributed by atoms with Crippen LogP contribution in [0.1, 0.15) is 29.9 Å². The molecule has 0 spiro atoms. The van der Waals surface area contributed by atoms with Crippen molar-refractivity contribution in [2.24, 2.45) is 11.8 Å². The van der Waals surface area contributed by atoms with Crippen LogP contribution in [-0.2, 0) is 0 Å². The summed E-state index contributed by atoms with van der Waals surface area (Å²) in [6.45, 7) is 2.29. The van der Waals surface area contributed by atoms with E-state index >= 15 is 0 Å². The molecule has 0 amide bonds. The molecule has 1 aromatic rings. The maximum atomic E-state index is 2.47. The van der Waals surface area contributed by atoms with E-state index in [2.05, 4.69) is 49.4 Å². The van der Waals surface area contributed by atoms with Crippen molar-refractivity contribution in [3.8, 4) is 0 Å². The van der Waals surface area contributed by atoms with Crippen molar-refractivity contribution in [3.05, 3.63) is 59.2 Å². The molecule has 0 N–H and O–H groups in total. The smallest absolute Gasteiger partial charge is 0.00925 e. The first-order valence-electron chi connectivity index (χ1n) is 5.82. The van der Waals surface area contributed by atoms with Crippen molar-refractivity contribution in [1.82, 2.24) is 0 Å². The van der Waals surface area contributed by atoms with E-state index in [-0.39, 0.29) is 0 Å². The minimum Gasteiger partial charge on any atom is -0.0806 e. The van der Waals surface area contributed by atoms with Gasteiger partial charge in [-0.25, -0.2) is 0 Å². The van der Waals surface area contributed by atoms with Gasteiger partial charge in [0, 0.05) is 11.8 Å². The number of hydrogen-bond acceptors (Lipinski definition) is 0. The molecule has 0 saturated carbocycles. The molecule has 4 atom stereocenters. The zero-order valence-corrected chi connectivity index (χ0v) is 8.85. The third-order valence-electron chi connectivity index (χ3n) is 4.44. The van der Waals surface area contributed by atoms with Crippen molar-refractivity contribution in [1.29, 1.82) is 0 Å². The lowest BCUT2D eigenvalue weighted by molar-refractivity contribution is 0.294. The molecule has 2 bridgehead atoms. The van der Waals surface area contributed by atoms with Gasteiger partial charge in [-0.3, -0.25) is 0 Å². The van der Waals surface area contributed by atoms with Crippen LogP contribution in [0.15, 0.2) is 48.1 Å². The van der Waals surface area contributed by atoms with Gasteiger partial charge in [-0.2, -0.15) is 0 Å².